The van der Waals surface area contributed by atoms with E-state index < -0.39 is 11.8 Å². The average Bonchev–Trinajstić information content (AvgIpc) is 2.38. The maximum atomic E-state index is 13.6. The van der Waals surface area contributed by atoms with Crippen molar-refractivity contribution in [2.24, 2.45) is 0 Å². The molecule has 18 heavy (non-hydrogen) atoms. The van der Waals surface area contributed by atoms with E-state index >= 15 is 0 Å². The second-order valence-corrected chi connectivity index (χ2v) is 3.70. The van der Waals surface area contributed by atoms with Crippen LogP contribution >= 0.6 is 0 Å². The Kier molecular flexibility index (Phi) is 3.28. The molecule has 0 amide bonds. The van der Waals surface area contributed by atoms with Crippen LogP contribution in [0.2, 0.25) is 0 Å². The van der Waals surface area contributed by atoms with Crippen molar-refractivity contribution in [2.45, 2.75) is 0 Å². The summed E-state index contributed by atoms with van der Waals surface area (Å²) in [5, 5.41) is 9.06. The summed E-state index contributed by atoms with van der Waals surface area (Å²) in [6.45, 7) is 0. The van der Waals surface area contributed by atoms with Crippen LogP contribution in [0.25, 0.3) is 11.1 Å². The summed E-state index contributed by atoms with van der Waals surface area (Å²) < 4.78 is 18.6. The molecule has 0 saturated heterocycles. The van der Waals surface area contributed by atoms with Gasteiger partial charge in [0.2, 0.25) is 0 Å². The van der Waals surface area contributed by atoms with E-state index in [9.17, 15) is 9.18 Å². The first kappa shape index (κ1) is 12.1. The van der Waals surface area contributed by atoms with E-state index in [1.807, 2.05) is 0 Å². The van der Waals surface area contributed by atoms with Crippen LogP contribution in [-0.4, -0.2) is 18.2 Å². The van der Waals surface area contributed by atoms with Gasteiger partial charge in [0.1, 0.15) is 17.1 Å². The first-order chi connectivity index (χ1) is 8.63. The molecule has 0 aliphatic heterocycles. The Hall–Kier alpha value is -2.36. The molecule has 0 saturated carbocycles. The molecular formula is C14H11FO3. The van der Waals surface area contributed by atoms with Crippen molar-refractivity contribution < 1.29 is 19.0 Å². The first-order valence-electron chi connectivity index (χ1n) is 5.29. The fraction of sp³-hybridized carbons (Fsp3) is 0.0714. The van der Waals surface area contributed by atoms with E-state index in [1.54, 1.807) is 30.3 Å². The zero-order valence-corrected chi connectivity index (χ0v) is 9.68. The molecule has 2 aromatic carbocycles. The summed E-state index contributed by atoms with van der Waals surface area (Å²) in [6.07, 6.45) is 0. The van der Waals surface area contributed by atoms with E-state index in [4.69, 9.17) is 9.84 Å². The number of carboxylic acid groups (broad SMARTS) is 1. The quantitative estimate of drug-likeness (QED) is 0.904. The molecule has 0 fully saturated rings. The fourth-order valence-corrected chi connectivity index (χ4v) is 1.77. The number of hydrogen-bond acceptors (Lipinski definition) is 2. The molecule has 0 aromatic heterocycles. The van der Waals surface area contributed by atoms with Crippen LogP contribution in [0, 0.1) is 5.82 Å². The number of carboxylic acids is 1. The molecule has 2 rings (SSSR count). The molecule has 92 valence electrons. The predicted octanol–water partition coefficient (Wildman–Crippen LogP) is 3.20. The van der Waals surface area contributed by atoms with Crippen molar-refractivity contribution in [3.05, 3.63) is 53.8 Å². The summed E-state index contributed by atoms with van der Waals surface area (Å²) in [7, 11) is 1.52. The van der Waals surface area contributed by atoms with E-state index in [0.717, 1.165) is 6.07 Å². The summed E-state index contributed by atoms with van der Waals surface area (Å²) in [6, 6.07) is 11.0. The maximum Gasteiger partial charge on any atom is 0.339 e. The maximum absolute atomic E-state index is 13.6. The van der Waals surface area contributed by atoms with Gasteiger partial charge in [-0.2, -0.15) is 0 Å². The number of aromatic carboxylic acids is 1. The predicted molar refractivity (Wildman–Crippen MR) is 65.3 cm³/mol. The highest BCUT2D eigenvalue weighted by molar-refractivity contribution is 5.96. The van der Waals surface area contributed by atoms with Gasteiger partial charge < -0.3 is 9.84 Å². The van der Waals surface area contributed by atoms with E-state index in [2.05, 4.69) is 0 Å². The van der Waals surface area contributed by atoms with Gasteiger partial charge in [-0.1, -0.05) is 24.3 Å². The first-order valence-corrected chi connectivity index (χ1v) is 5.29. The van der Waals surface area contributed by atoms with Crippen molar-refractivity contribution in [1.29, 1.82) is 0 Å². The lowest BCUT2D eigenvalue weighted by Crippen LogP contribution is -2.03. The Morgan fingerprint density at radius 1 is 1.22 bits per heavy atom. The number of carbonyl (C=O) groups is 1. The Morgan fingerprint density at radius 2 is 1.94 bits per heavy atom. The van der Waals surface area contributed by atoms with Crippen LogP contribution in [0.4, 0.5) is 4.39 Å². The van der Waals surface area contributed by atoms with Crippen molar-refractivity contribution >= 4 is 5.97 Å². The molecule has 0 aliphatic carbocycles. The SMILES string of the molecule is COc1cccc(-c2cccc(F)c2C(=O)O)c1. The Bertz CT molecular complexity index is 593. The highest BCUT2D eigenvalue weighted by atomic mass is 19.1. The molecule has 1 N–H and O–H groups in total. The van der Waals surface area contributed by atoms with Gasteiger partial charge in [0.05, 0.1) is 7.11 Å². The van der Waals surface area contributed by atoms with Crippen LogP contribution < -0.4 is 4.74 Å². The van der Waals surface area contributed by atoms with E-state index in [-0.39, 0.29) is 5.56 Å². The zero-order chi connectivity index (χ0) is 13.1. The van der Waals surface area contributed by atoms with Crippen molar-refractivity contribution in [2.75, 3.05) is 7.11 Å². The number of halogens is 1. The van der Waals surface area contributed by atoms with Gasteiger partial charge in [-0.25, -0.2) is 9.18 Å². The van der Waals surface area contributed by atoms with Crippen LogP contribution in [0.5, 0.6) is 5.75 Å². The van der Waals surface area contributed by atoms with Crippen LogP contribution in [0.1, 0.15) is 10.4 Å². The minimum Gasteiger partial charge on any atom is -0.497 e. The summed E-state index contributed by atoms with van der Waals surface area (Å²) in [4.78, 5) is 11.1. The zero-order valence-electron chi connectivity index (χ0n) is 9.68. The van der Waals surface area contributed by atoms with Gasteiger partial charge in [-0.15, -0.1) is 0 Å². The van der Waals surface area contributed by atoms with Gasteiger partial charge in [-0.05, 0) is 29.3 Å². The molecule has 0 unspecified atom stereocenters. The van der Waals surface area contributed by atoms with Crippen molar-refractivity contribution in [3.8, 4) is 16.9 Å². The average molecular weight is 246 g/mol. The molecule has 0 spiro atoms. The van der Waals surface area contributed by atoms with Gasteiger partial charge in [0, 0.05) is 0 Å². The minimum absolute atomic E-state index is 0.328. The van der Waals surface area contributed by atoms with Crippen LogP contribution in [0.15, 0.2) is 42.5 Å². The third-order valence-electron chi connectivity index (χ3n) is 2.61. The molecule has 0 radical (unpaired) electrons. The second-order valence-electron chi connectivity index (χ2n) is 3.70. The number of methoxy groups -OCH3 is 1. The normalized spacial score (nSPS) is 10.1. The largest absolute Gasteiger partial charge is 0.497 e. The Labute approximate surface area is 103 Å². The second kappa shape index (κ2) is 4.87. The highest BCUT2D eigenvalue weighted by Gasteiger charge is 2.16. The molecule has 0 aliphatic rings. The number of benzene rings is 2. The molecule has 0 heterocycles. The van der Waals surface area contributed by atoms with E-state index in [0.29, 0.717) is 16.9 Å². The Morgan fingerprint density at radius 3 is 2.61 bits per heavy atom. The summed E-state index contributed by atoms with van der Waals surface area (Å²) in [5.74, 6) is -1.44. The smallest absolute Gasteiger partial charge is 0.339 e. The lowest BCUT2D eigenvalue weighted by Gasteiger charge is -2.08. The topological polar surface area (TPSA) is 46.5 Å². The van der Waals surface area contributed by atoms with Gasteiger partial charge in [0.15, 0.2) is 0 Å². The monoisotopic (exact) mass is 246 g/mol. The van der Waals surface area contributed by atoms with Crippen LogP contribution in [-0.2, 0) is 0 Å². The summed E-state index contributed by atoms with van der Waals surface area (Å²) in [5.41, 5.74) is 0.610. The Balaban J connectivity index is 2.63. The molecular weight excluding hydrogens is 235 g/mol. The number of hydrogen-bond donors (Lipinski definition) is 1. The molecule has 4 heteroatoms. The van der Waals surface area contributed by atoms with Crippen LogP contribution in [0.3, 0.4) is 0 Å². The van der Waals surface area contributed by atoms with Crippen molar-refractivity contribution in [3.63, 3.8) is 0 Å². The minimum atomic E-state index is -1.29. The van der Waals surface area contributed by atoms with Crippen molar-refractivity contribution in [1.82, 2.24) is 0 Å². The molecule has 2 aromatic rings. The van der Waals surface area contributed by atoms with E-state index in [1.165, 1.54) is 13.2 Å². The molecule has 0 bridgehead atoms. The van der Waals surface area contributed by atoms with Gasteiger partial charge in [-0.3, -0.25) is 0 Å². The molecule has 3 nitrogen and oxygen atoms in total. The van der Waals surface area contributed by atoms with Gasteiger partial charge >= 0.3 is 5.97 Å². The molecule has 0 atom stereocenters. The third kappa shape index (κ3) is 2.18. The standard InChI is InChI=1S/C14H11FO3/c1-18-10-5-2-4-9(8-10)11-6-3-7-12(15)13(11)14(16)17/h2-8H,1H3,(H,16,17). The lowest BCUT2D eigenvalue weighted by molar-refractivity contribution is 0.0693. The number of ether oxygens (including phenoxy) is 1. The summed E-state index contributed by atoms with van der Waals surface area (Å²) >= 11 is 0. The third-order valence-corrected chi connectivity index (χ3v) is 2.61. The number of rotatable bonds is 3. The van der Waals surface area contributed by atoms with Gasteiger partial charge in [0.25, 0.3) is 0 Å². The highest BCUT2D eigenvalue weighted by Crippen LogP contribution is 2.28. The lowest BCUT2D eigenvalue weighted by atomic mass is 9.99. The fourth-order valence-electron chi connectivity index (χ4n) is 1.77.